The highest BCUT2D eigenvalue weighted by Gasteiger charge is 2.29. The first kappa shape index (κ1) is 21.3. The third-order valence-electron chi connectivity index (χ3n) is 4.63. The molecule has 30 heavy (non-hydrogen) atoms. The number of amides is 1. The van der Waals surface area contributed by atoms with Gasteiger partial charge in [-0.3, -0.25) is 4.79 Å². The number of hydrogen-bond donors (Lipinski definition) is 0. The van der Waals surface area contributed by atoms with Crippen LogP contribution in [-0.2, 0) is 23.8 Å². The zero-order valence-corrected chi connectivity index (χ0v) is 16.7. The number of nitrogens with zero attached hydrogens (tertiary/aromatic N) is 1. The molecule has 1 amide bonds. The van der Waals surface area contributed by atoms with Crippen LogP contribution in [0.3, 0.4) is 0 Å². The van der Waals surface area contributed by atoms with E-state index in [9.17, 15) is 14.4 Å². The molecule has 1 fully saturated rings. The third-order valence-corrected chi connectivity index (χ3v) is 4.63. The van der Waals surface area contributed by atoms with Gasteiger partial charge in [-0.1, -0.05) is 42.5 Å². The highest BCUT2D eigenvalue weighted by molar-refractivity contribution is 5.92. The number of carbonyl (C=O) groups excluding carboxylic acids is 3. The lowest BCUT2D eigenvalue weighted by atomic mass is 10.1. The predicted octanol–water partition coefficient (Wildman–Crippen LogP) is 2.63. The Balaban J connectivity index is 1.70. The van der Waals surface area contributed by atoms with E-state index in [1.54, 1.807) is 59.5 Å². The molecule has 7 nitrogen and oxygen atoms in total. The molecule has 0 N–H and O–H groups in total. The Morgan fingerprint density at radius 3 is 2.30 bits per heavy atom. The van der Waals surface area contributed by atoms with Crippen LogP contribution in [-0.4, -0.2) is 56.2 Å². The smallest absolute Gasteiger partial charge is 0.337 e. The number of benzene rings is 2. The molecule has 0 bridgehead atoms. The second-order valence-corrected chi connectivity index (χ2v) is 6.61. The Bertz CT molecular complexity index is 901. The number of esters is 2. The summed E-state index contributed by atoms with van der Waals surface area (Å²) >= 11 is 0. The Morgan fingerprint density at radius 1 is 1.00 bits per heavy atom. The van der Waals surface area contributed by atoms with Crippen LogP contribution in [0, 0.1) is 0 Å². The first-order chi connectivity index (χ1) is 14.6. The monoisotopic (exact) mass is 409 g/mol. The zero-order valence-electron chi connectivity index (χ0n) is 16.7. The number of morpholine rings is 1. The van der Waals surface area contributed by atoms with Crippen molar-refractivity contribution in [2.24, 2.45) is 0 Å². The summed E-state index contributed by atoms with van der Waals surface area (Å²) in [6.07, 6.45) is 1.79. The van der Waals surface area contributed by atoms with Crippen LogP contribution in [0.5, 0.6) is 0 Å². The van der Waals surface area contributed by atoms with E-state index >= 15 is 0 Å². The number of hydrogen-bond acceptors (Lipinski definition) is 6. The van der Waals surface area contributed by atoms with E-state index < -0.39 is 18.0 Å². The van der Waals surface area contributed by atoms with Crippen LogP contribution < -0.4 is 0 Å². The molecule has 156 valence electrons. The van der Waals surface area contributed by atoms with Crippen molar-refractivity contribution in [2.75, 3.05) is 33.4 Å². The summed E-state index contributed by atoms with van der Waals surface area (Å²) in [5.74, 6) is -1.34. The Kier molecular flexibility index (Phi) is 7.34. The third kappa shape index (κ3) is 5.55. The van der Waals surface area contributed by atoms with E-state index in [0.717, 1.165) is 0 Å². The van der Waals surface area contributed by atoms with Gasteiger partial charge < -0.3 is 19.1 Å². The van der Waals surface area contributed by atoms with Crippen molar-refractivity contribution in [3.05, 3.63) is 77.4 Å². The van der Waals surface area contributed by atoms with Crippen LogP contribution in [0.2, 0.25) is 0 Å². The summed E-state index contributed by atoms with van der Waals surface area (Å²) in [6, 6.07) is 15.5. The molecule has 0 aromatic heterocycles. The molecule has 1 heterocycles. The average molecular weight is 409 g/mol. The van der Waals surface area contributed by atoms with Crippen molar-refractivity contribution >= 4 is 23.9 Å². The van der Waals surface area contributed by atoms with Gasteiger partial charge in [-0.05, 0) is 23.8 Å². The largest absolute Gasteiger partial charge is 0.465 e. The quantitative estimate of drug-likeness (QED) is 0.539. The zero-order chi connectivity index (χ0) is 21.3. The van der Waals surface area contributed by atoms with Crippen molar-refractivity contribution in [2.45, 2.75) is 6.10 Å². The first-order valence-corrected chi connectivity index (χ1v) is 9.57. The lowest BCUT2D eigenvalue weighted by molar-refractivity contribution is -0.159. The summed E-state index contributed by atoms with van der Waals surface area (Å²) in [4.78, 5) is 38.5. The first-order valence-electron chi connectivity index (χ1n) is 9.57. The summed E-state index contributed by atoms with van der Waals surface area (Å²) < 4.78 is 15.5. The second kappa shape index (κ2) is 10.4. The Labute approximate surface area is 174 Å². The molecular weight excluding hydrogens is 386 g/mol. The number of rotatable bonds is 6. The fraction of sp³-hybridized carbons (Fsp3) is 0.261. The van der Waals surface area contributed by atoms with Crippen molar-refractivity contribution < 1.29 is 28.6 Å². The van der Waals surface area contributed by atoms with Crippen LogP contribution in [0.4, 0.5) is 0 Å². The lowest BCUT2D eigenvalue weighted by Crippen LogP contribution is -2.44. The summed E-state index contributed by atoms with van der Waals surface area (Å²) in [7, 11) is 1.31. The van der Waals surface area contributed by atoms with Crippen molar-refractivity contribution in [3.63, 3.8) is 0 Å². The van der Waals surface area contributed by atoms with Gasteiger partial charge in [0.15, 0.2) is 0 Å². The van der Waals surface area contributed by atoms with E-state index in [0.29, 0.717) is 43.0 Å². The van der Waals surface area contributed by atoms with Gasteiger partial charge in [0.2, 0.25) is 6.10 Å². The highest BCUT2D eigenvalue weighted by atomic mass is 16.5. The predicted molar refractivity (Wildman–Crippen MR) is 109 cm³/mol. The molecule has 0 saturated carbocycles. The lowest BCUT2D eigenvalue weighted by Gasteiger charge is -2.30. The van der Waals surface area contributed by atoms with Gasteiger partial charge in [0.1, 0.15) is 0 Å². The summed E-state index contributed by atoms with van der Waals surface area (Å²) in [6.45, 7) is 1.84. The van der Waals surface area contributed by atoms with E-state index in [1.165, 1.54) is 13.2 Å². The molecule has 2 aromatic rings. The van der Waals surface area contributed by atoms with Crippen LogP contribution in [0.15, 0.2) is 60.7 Å². The van der Waals surface area contributed by atoms with Gasteiger partial charge in [-0.15, -0.1) is 0 Å². The van der Waals surface area contributed by atoms with E-state index in [-0.39, 0.29) is 5.91 Å². The van der Waals surface area contributed by atoms with Gasteiger partial charge in [0, 0.05) is 24.7 Å². The minimum absolute atomic E-state index is 0.270. The van der Waals surface area contributed by atoms with Crippen molar-refractivity contribution in [3.8, 4) is 0 Å². The summed E-state index contributed by atoms with van der Waals surface area (Å²) in [5.41, 5.74) is 1.73. The van der Waals surface area contributed by atoms with Gasteiger partial charge >= 0.3 is 11.9 Å². The molecule has 1 aliphatic heterocycles. The molecule has 0 unspecified atom stereocenters. The Hall–Kier alpha value is -3.45. The molecule has 0 spiro atoms. The van der Waals surface area contributed by atoms with Gasteiger partial charge in [-0.25, -0.2) is 9.59 Å². The molecule has 3 rings (SSSR count). The topological polar surface area (TPSA) is 82.1 Å². The summed E-state index contributed by atoms with van der Waals surface area (Å²) in [5, 5.41) is 0. The van der Waals surface area contributed by atoms with E-state index in [1.807, 2.05) is 6.07 Å². The van der Waals surface area contributed by atoms with Crippen molar-refractivity contribution in [1.29, 1.82) is 0 Å². The minimum Gasteiger partial charge on any atom is -0.465 e. The fourth-order valence-corrected chi connectivity index (χ4v) is 3.01. The molecule has 0 aliphatic carbocycles. The maximum atomic E-state index is 13.0. The molecule has 1 saturated heterocycles. The van der Waals surface area contributed by atoms with Gasteiger partial charge in [0.25, 0.3) is 5.91 Å². The van der Waals surface area contributed by atoms with E-state index in [4.69, 9.17) is 9.47 Å². The maximum absolute atomic E-state index is 13.0. The van der Waals surface area contributed by atoms with Crippen molar-refractivity contribution in [1.82, 2.24) is 4.90 Å². The number of carbonyl (C=O) groups is 3. The van der Waals surface area contributed by atoms with Crippen LogP contribution in [0.1, 0.15) is 27.6 Å². The standard InChI is InChI=1S/C23H23NO6/c1-28-23(27)19-10-7-17(8-11-19)9-12-20(25)30-21(18-5-3-2-4-6-18)22(26)24-13-15-29-16-14-24/h2-12,21H,13-16H2,1H3/b12-9+/t21-/m1/s1. The van der Waals surface area contributed by atoms with Gasteiger partial charge in [0.05, 0.1) is 25.9 Å². The van der Waals surface area contributed by atoms with E-state index in [2.05, 4.69) is 4.74 Å². The number of methoxy groups -OCH3 is 1. The molecule has 0 radical (unpaired) electrons. The fourth-order valence-electron chi connectivity index (χ4n) is 3.01. The normalized spacial score (nSPS) is 14.9. The SMILES string of the molecule is COC(=O)c1ccc(/C=C/C(=O)O[C@@H](C(=O)N2CCOCC2)c2ccccc2)cc1. The average Bonchev–Trinajstić information content (AvgIpc) is 2.81. The maximum Gasteiger partial charge on any atom is 0.337 e. The number of ether oxygens (including phenoxy) is 3. The molecular formula is C23H23NO6. The molecule has 1 aliphatic rings. The van der Waals surface area contributed by atoms with Crippen LogP contribution in [0.25, 0.3) is 6.08 Å². The minimum atomic E-state index is -1.02. The Morgan fingerprint density at radius 2 is 1.67 bits per heavy atom. The van der Waals surface area contributed by atoms with Gasteiger partial charge in [-0.2, -0.15) is 0 Å². The molecule has 2 aromatic carbocycles. The molecule has 7 heteroatoms. The second-order valence-electron chi connectivity index (χ2n) is 6.61. The van der Waals surface area contributed by atoms with Crippen LogP contribution >= 0.6 is 0 Å². The highest BCUT2D eigenvalue weighted by Crippen LogP contribution is 2.21. The molecule has 1 atom stereocenters.